The highest BCUT2D eigenvalue weighted by atomic mass is 19.3. The molecule has 2 N–H and O–H groups in total. The number of benzene rings is 1. The molecule has 0 radical (unpaired) electrons. The normalized spacial score (nSPS) is 14.5. The Kier molecular flexibility index (Phi) is 6.86. The third kappa shape index (κ3) is 4.93. The van der Waals surface area contributed by atoms with E-state index in [1.165, 1.54) is 12.4 Å². The molecule has 0 bridgehead atoms. The summed E-state index contributed by atoms with van der Waals surface area (Å²) in [7, 11) is 0. The predicted molar refractivity (Wildman–Crippen MR) is 100 cm³/mol. The maximum Gasteiger partial charge on any atom is 0.333 e. The van der Waals surface area contributed by atoms with E-state index in [-0.39, 0.29) is 24.9 Å². The van der Waals surface area contributed by atoms with Crippen LogP contribution in [0.4, 0.5) is 8.78 Å². The Morgan fingerprint density at radius 3 is 2.43 bits per heavy atom. The summed E-state index contributed by atoms with van der Waals surface area (Å²) in [5.41, 5.74) is 6.79. The van der Waals surface area contributed by atoms with Crippen LogP contribution in [0.15, 0.2) is 36.7 Å². The second-order valence-electron chi connectivity index (χ2n) is 7.16. The molecule has 0 saturated heterocycles. The fourth-order valence-electron chi connectivity index (χ4n) is 2.97. The van der Waals surface area contributed by atoms with Gasteiger partial charge in [-0.05, 0) is 37.3 Å². The topological polar surface area (TPSA) is 93.9 Å². The van der Waals surface area contributed by atoms with Crippen molar-refractivity contribution in [2.24, 2.45) is 11.7 Å². The van der Waals surface area contributed by atoms with E-state index in [1.54, 1.807) is 38.1 Å². The molecule has 1 unspecified atom stereocenters. The minimum absolute atomic E-state index is 0.112. The third-order valence-electron chi connectivity index (χ3n) is 4.35. The van der Waals surface area contributed by atoms with Gasteiger partial charge in [0.2, 0.25) is 0 Å². The number of alkyl halides is 2. The van der Waals surface area contributed by atoms with Crippen LogP contribution in [0.5, 0.6) is 0 Å². The molecule has 1 aromatic carbocycles. The Hall–Kier alpha value is -2.79. The highest BCUT2D eigenvalue weighted by Gasteiger charge is 2.39. The van der Waals surface area contributed by atoms with E-state index in [9.17, 15) is 13.6 Å². The average molecular weight is 390 g/mol. The minimum Gasteiger partial charge on any atom is -0.461 e. The lowest BCUT2D eigenvalue weighted by Crippen LogP contribution is -2.48. The zero-order valence-electron chi connectivity index (χ0n) is 16.1. The van der Waals surface area contributed by atoms with E-state index < -0.39 is 18.1 Å². The molecule has 1 heterocycles. The lowest BCUT2D eigenvalue weighted by molar-refractivity contribution is -0.155. The molecule has 28 heavy (non-hydrogen) atoms. The number of esters is 1. The molecular weight excluding hydrogens is 366 g/mol. The second-order valence-corrected chi connectivity index (χ2v) is 7.16. The monoisotopic (exact) mass is 390 g/mol. The van der Waals surface area contributed by atoms with E-state index in [0.717, 1.165) is 0 Å². The Bertz CT molecular complexity index is 843. The predicted octanol–water partition coefficient (Wildman–Crippen LogP) is 3.99. The molecule has 2 aromatic rings. The molecule has 8 heteroatoms. The van der Waals surface area contributed by atoms with Crippen LogP contribution in [0.25, 0.3) is 11.1 Å². The van der Waals surface area contributed by atoms with E-state index in [4.69, 9.17) is 15.7 Å². The fraction of sp³-hybridized carbons (Fsp3) is 0.450. The minimum atomic E-state index is -2.71. The molecule has 2 rings (SSSR count). The number of carbonyl (C=O) groups excluding carboxylic acids is 1. The number of nitrogens with zero attached hydrogens (tertiary/aromatic N) is 3. The van der Waals surface area contributed by atoms with Crippen LogP contribution in [-0.2, 0) is 15.1 Å². The molecule has 0 saturated carbocycles. The van der Waals surface area contributed by atoms with Crippen molar-refractivity contribution in [3.8, 4) is 17.2 Å². The highest BCUT2D eigenvalue weighted by Crippen LogP contribution is 2.31. The molecule has 0 aliphatic rings. The number of hydrogen-bond acceptors (Lipinski definition) is 5. The Balaban J connectivity index is 2.34. The molecule has 2 atom stereocenters. The molecule has 0 spiro atoms. The van der Waals surface area contributed by atoms with Crippen LogP contribution in [0.3, 0.4) is 0 Å². The van der Waals surface area contributed by atoms with Crippen molar-refractivity contribution in [1.82, 2.24) is 9.78 Å². The summed E-state index contributed by atoms with van der Waals surface area (Å²) in [5, 5.41) is 12.5. The smallest absolute Gasteiger partial charge is 0.333 e. The summed E-state index contributed by atoms with van der Waals surface area (Å²) >= 11 is 0. The first-order valence-corrected chi connectivity index (χ1v) is 8.97. The van der Waals surface area contributed by atoms with Crippen LogP contribution < -0.4 is 5.73 Å². The van der Waals surface area contributed by atoms with Crippen LogP contribution >= 0.6 is 0 Å². The lowest BCUT2D eigenvalue weighted by atomic mass is 9.81. The van der Waals surface area contributed by atoms with Gasteiger partial charge >= 0.3 is 12.5 Å². The number of nitriles is 1. The van der Waals surface area contributed by atoms with Crippen LogP contribution in [-0.4, -0.2) is 21.9 Å². The van der Waals surface area contributed by atoms with Gasteiger partial charge in [-0.15, -0.1) is 0 Å². The highest BCUT2D eigenvalue weighted by molar-refractivity contribution is 5.83. The van der Waals surface area contributed by atoms with E-state index in [2.05, 4.69) is 11.2 Å². The van der Waals surface area contributed by atoms with Gasteiger partial charge in [0.25, 0.3) is 0 Å². The SMILES string of the molecule is CC(CC#N)C[C@](N)(C(=O)OC(C)C)c1ccc(-c2cnn(C(F)F)c2)cc1. The summed E-state index contributed by atoms with van der Waals surface area (Å²) < 4.78 is 31.3. The van der Waals surface area contributed by atoms with Crippen molar-refractivity contribution in [2.75, 3.05) is 0 Å². The zero-order valence-corrected chi connectivity index (χ0v) is 16.1. The van der Waals surface area contributed by atoms with Gasteiger partial charge in [-0.3, -0.25) is 0 Å². The molecule has 150 valence electrons. The summed E-state index contributed by atoms with van der Waals surface area (Å²) in [6, 6.07) is 8.83. The van der Waals surface area contributed by atoms with Crippen molar-refractivity contribution in [1.29, 1.82) is 5.26 Å². The summed E-state index contributed by atoms with van der Waals surface area (Å²) in [6.45, 7) is 2.61. The number of hydrogen-bond donors (Lipinski definition) is 1. The van der Waals surface area contributed by atoms with E-state index in [1.807, 2.05) is 6.92 Å². The maximum absolute atomic E-state index is 12.7. The summed E-state index contributed by atoms with van der Waals surface area (Å²) in [4.78, 5) is 12.7. The molecule has 1 aromatic heterocycles. The fourth-order valence-corrected chi connectivity index (χ4v) is 2.97. The summed E-state index contributed by atoms with van der Waals surface area (Å²) in [6.07, 6.45) is 2.77. The molecular formula is C20H24F2N4O2. The van der Waals surface area contributed by atoms with Gasteiger partial charge in [-0.1, -0.05) is 31.2 Å². The quantitative estimate of drug-likeness (QED) is 0.688. The van der Waals surface area contributed by atoms with Crippen molar-refractivity contribution in [3.63, 3.8) is 0 Å². The van der Waals surface area contributed by atoms with Crippen molar-refractivity contribution in [3.05, 3.63) is 42.2 Å². The molecule has 0 aliphatic carbocycles. The lowest BCUT2D eigenvalue weighted by Gasteiger charge is -2.31. The van der Waals surface area contributed by atoms with Gasteiger partial charge in [-0.2, -0.15) is 19.1 Å². The first kappa shape index (κ1) is 21.5. The van der Waals surface area contributed by atoms with Crippen LogP contribution in [0.2, 0.25) is 0 Å². The summed E-state index contributed by atoms with van der Waals surface area (Å²) in [5.74, 6) is -0.677. The van der Waals surface area contributed by atoms with E-state index in [0.29, 0.717) is 21.4 Å². The Morgan fingerprint density at radius 1 is 1.29 bits per heavy atom. The first-order chi connectivity index (χ1) is 13.2. The average Bonchev–Trinajstić information content (AvgIpc) is 3.11. The number of aromatic nitrogens is 2. The molecule has 6 nitrogen and oxygen atoms in total. The van der Waals surface area contributed by atoms with Gasteiger partial charge in [-0.25, -0.2) is 9.48 Å². The zero-order chi connectivity index (χ0) is 20.9. The number of nitrogens with two attached hydrogens (primary N) is 1. The molecule has 0 aliphatic heterocycles. The van der Waals surface area contributed by atoms with Gasteiger partial charge in [0.15, 0.2) is 0 Å². The maximum atomic E-state index is 12.7. The number of ether oxygens (including phenoxy) is 1. The van der Waals surface area contributed by atoms with Gasteiger partial charge in [0.05, 0.1) is 18.4 Å². The van der Waals surface area contributed by atoms with Gasteiger partial charge in [0, 0.05) is 18.2 Å². The largest absolute Gasteiger partial charge is 0.461 e. The van der Waals surface area contributed by atoms with Crippen LogP contribution in [0, 0.1) is 17.2 Å². The van der Waals surface area contributed by atoms with Crippen molar-refractivity contribution in [2.45, 2.75) is 51.8 Å². The van der Waals surface area contributed by atoms with Crippen molar-refractivity contribution >= 4 is 5.97 Å². The second kappa shape index (κ2) is 8.93. The number of rotatable bonds is 8. The van der Waals surface area contributed by atoms with Crippen molar-refractivity contribution < 1.29 is 18.3 Å². The van der Waals surface area contributed by atoms with Gasteiger partial charge < -0.3 is 10.5 Å². The third-order valence-corrected chi connectivity index (χ3v) is 4.35. The van der Waals surface area contributed by atoms with E-state index >= 15 is 0 Å². The number of carbonyl (C=O) groups is 1. The standard InChI is InChI=1S/C20H24F2N4O2/c1-13(2)28-18(27)20(24,10-14(3)8-9-23)17-6-4-15(5-7-17)16-11-25-26(12-16)19(21)22/h4-7,11-14,19H,8,10,24H2,1-3H3/t14?,20-/m1/s1. The number of halogens is 2. The first-order valence-electron chi connectivity index (χ1n) is 8.97. The molecule has 0 amide bonds. The van der Waals surface area contributed by atoms with Crippen LogP contribution in [0.1, 0.15) is 45.7 Å². The molecule has 0 fully saturated rings. The Labute approximate surface area is 162 Å². The van der Waals surface area contributed by atoms with Gasteiger partial charge in [0.1, 0.15) is 5.54 Å². The Morgan fingerprint density at radius 2 is 1.93 bits per heavy atom.